The number of hydrogen-bond acceptors (Lipinski definition) is 6. The van der Waals surface area contributed by atoms with Crippen molar-refractivity contribution in [3.8, 4) is 5.75 Å². The fraction of sp³-hybridized carbons (Fsp3) is 0.100. The second-order valence-corrected chi connectivity index (χ2v) is 4.02. The maximum Gasteiger partial charge on any atom is 0.311 e. The molecule has 1 aromatic carbocycles. The molecule has 0 saturated carbocycles. The highest BCUT2D eigenvalue weighted by molar-refractivity contribution is 7.71. The number of aryl methyl sites for hydroxylation is 1. The SMILES string of the molecule is Cc1n[nH]c(=S)n1/N=C/c1ccc(O)c([N+](=O)[O-])c1. The number of nitro groups is 1. The van der Waals surface area contributed by atoms with E-state index in [1.54, 1.807) is 6.92 Å². The number of aromatic hydroxyl groups is 1. The highest BCUT2D eigenvalue weighted by Crippen LogP contribution is 2.25. The number of nitro benzene ring substituents is 1. The molecule has 2 N–H and O–H groups in total. The minimum atomic E-state index is -0.665. The van der Waals surface area contributed by atoms with Gasteiger partial charge in [0.1, 0.15) is 5.82 Å². The first-order valence-corrected chi connectivity index (χ1v) is 5.55. The number of phenolic OH excluding ortho intramolecular Hbond substituents is 1. The predicted octanol–water partition coefficient (Wildman–Crippen LogP) is 1.75. The number of aromatic nitrogens is 3. The second kappa shape index (κ2) is 4.98. The van der Waals surface area contributed by atoms with Gasteiger partial charge >= 0.3 is 5.69 Å². The van der Waals surface area contributed by atoms with Crippen molar-refractivity contribution in [2.45, 2.75) is 6.92 Å². The topological polar surface area (TPSA) is 109 Å². The van der Waals surface area contributed by atoms with Gasteiger partial charge in [-0.3, -0.25) is 15.2 Å². The Morgan fingerprint density at radius 2 is 2.37 bits per heavy atom. The first kappa shape index (κ1) is 12.9. The quantitative estimate of drug-likeness (QED) is 0.385. The van der Waals surface area contributed by atoms with Gasteiger partial charge in [-0.15, -0.1) is 0 Å². The summed E-state index contributed by atoms with van der Waals surface area (Å²) < 4.78 is 1.70. The van der Waals surface area contributed by atoms with Crippen molar-refractivity contribution in [1.82, 2.24) is 14.9 Å². The van der Waals surface area contributed by atoms with Crippen LogP contribution in [0.15, 0.2) is 23.3 Å². The molecule has 19 heavy (non-hydrogen) atoms. The molecule has 2 aromatic rings. The average molecular weight is 279 g/mol. The molecule has 0 amide bonds. The fourth-order valence-electron chi connectivity index (χ4n) is 1.40. The molecule has 0 fully saturated rings. The number of benzene rings is 1. The van der Waals surface area contributed by atoms with Gasteiger partial charge in [-0.05, 0) is 31.3 Å². The largest absolute Gasteiger partial charge is 0.502 e. The minimum Gasteiger partial charge on any atom is -0.502 e. The van der Waals surface area contributed by atoms with Crippen LogP contribution in [-0.2, 0) is 0 Å². The Labute approximate surface area is 112 Å². The Kier molecular flexibility index (Phi) is 3.38. The van der Waals surface area contributed by atoms with Crippen LogP contribution in [0.2, 0.25) is 0 Å². The van der Waals surface area contributed by atoms with Crippen molar-refractivity contribution >= 4 is 24.1 Å². The molecule has 0 aliphatic carbocycles. The third-order valence-corrected chi connectivity index (χ3v) is 2.59. The van der Waals surface area contributed by atoms with Crippen LogP contribution >= 0.6 is 12.2 Å². The molecule has 9 heteroatoms. The molecule has 0 saturated heterocycles. The summed E-state index contributed by atoms with van der Waals surface area (Å²) in [4.78, 5) is 10.0. The highest BCUT2D eigenvalue weighted by Gasteiger charge is 2.12. The minimum absolute atomic E-state index is 0.321. The van der Waals surface area contributed by atoms with Crippen molar-refractivity contribution in [2.24, 2.45) is 5.10 Å². The summed E-state index contributed by atoms with van der Waals surface area (Å²) in [5, 5.41) is 30.5. The van der Waals surface area contributed by atoms with Gasteiger partial charge in [-0.25, -0.2) is 0 Å². The van der Waals surface area contributed by atoms with E-state index in [0.717, 1.165) is 0 Å². The van der Waals surface area contributed by atoms with Gasteiger partial charge in [0, 0.05) is 11.6 Å². The van der Waals surface area contributed by atoms with E-state index in [1.807, 2.05) is 0 Å². The zero-order chi connectivity index (χ0) is 14.0. The van der Waals surface area contributed by atoms with Gasteiger partial charge in [-0.2, -0.15) is 14.9 Å². The van der Waals surface area contributed by atoms with Crippen LogP contribution in [0.3, 0.4) is 0 Å². The maximum atomic E-state index is 10.7. The zero-order valence-corrected chi connectivity index (χ0v) is 10.6. The van der Waals surface area contributed by atoms with Crippen molar-refractivity contribution in [3.05, 3.63) is 44.5 Å². The molecule has 0 radical (unpaired) electrons. The summed E-state index contributed by atoms with van der Waals surface area (Å²) in [7, 11) is 0. The molecule has 0 aliphatic rings. The van der Waals surface area contributed by atoms with E-state index in [4.69, 9.17) is 12.2 Å². The van der Waals surface area contributed by atoms with Gasteiger partial charge in [0.05, 0.1) is 11.1 Å². The number of hydrogen-bond donors (Lipinski definition) is 2. The number of H-pyrrole nitrogens is 1. The molecule has 1 heterocycles. The lowest BCUT2D eigenvalue weighted by Crippen LogP contribution is -1.95. The van der Waals surface area contributed by atoms with Crippen LogP contribution in [0.5, 0.6) is 5.75 Å². The molecule has 0 spiro atoms. The van der Waals surface area contributed by atoms with Gasteiger partial charge in [0.15, 0.2) is 5.75 Å². The first-order chi connectivity index (χ1) is 8.99. The lowest BCUT2D eigenvalue weighted by molar-refractivity contribution is -0.385. The molecule has 2 rings (SSSR count). The Morgan fingerprint density at radius 3 is 2.95 bits per heavy atom. The number of nitrogens with zero attached hydrogens (tertiary/aromatic N) is 4. The van der Waals surface area contributed by atoms with E-state index in [0.29, 0.717) is 16.2 Å². The molecular weight excluding hydrogens is 270 g/mol. The Hall–Kier alpha value is -2.55. The van der Waals surface area contributed by atoms with E-state index in [2.05, 4.69) is 15.3 Å². The lowest BCUT2D eigenvalue weighted by Gasteiger charge is -1.98. The highest BCUT2D eigenvalue weighted by atomic mass is 32.1. The van der Waals surface area contributed by atoms with E-state index in [-0.39, 0.29) is 5.69 Å². The second-order valence-electron chi connectivity index (χ2n) is 3.64. The van der Waals surface area contributed by atoms with Crippen LogP contribution in [0.4, 0.5) is 5.69 Å². The van der Waals surface area contributed by atoms with Gasteiger partial charge < -0.3 is 5.11 Å². The number of nitrogens with one attached hydrogen (secondary N) is 1. The summed E-state index contributed by atoms with van der Waals surface area (Å²) in [5.41, 5.74) is 0.0865. The number of rotatable bonds is 3. The van der Waals surface area contributed by atoms with Crippen molar-refractivity contribution < 1.29 is 10.0 Å². The molecular formula is C10H9N5O3S. The van der Waals surface area contributed by atoms with Crippen LogP contribution in [0.25, 0.3) is 0 Å². The van der Waals surface area contributed by atoms with Crippen LogP contribution in [0.1, 0.15) is 11.4 Å². The normalized spacial score (nSPS) is 11.0. The Morgan fingerprint density at radius 1 is 1.63 bits per heavy atom. The van der Waals surface area contributed by atoms with Crippen LogP contribution in [0, 0.1) is 21.8 Å². The van der Waals surface area contributed by atoms with E-state index < -0.39 is 10.7 Å². The summed E-state index contributed by atoms with van der Waals surface area (Å²) >= 11 is 4.96. The molecule has 0 aliphatic heterocycles. The summed E-state index contributed by atoms with van der Waals surface area (Å²) in [6, 6.07) is 3.96. The average Bonchev–Trinajstić information content (AvgIpc) is 2.68. The van der Waals surface area contributed by atoms with E-state index in [1.165, 1.54) is 29.1 Å². The molecule has 0 unspecified atom stereocenters. The first-order valence-electron chi connectivity index (χ1n) is 5.15. The Balaban J connectivity index is 2.37. The van der Waals surface area contributed by atoms with E-state index >= 15 is 0 Å². The molecule has 0 bridgehead atoms. The number of phenols is 1. The molecule has 0 atom stereocenters. The standard InChI is InChI=1S/C10H9N5O3S/c1-6-12-13-10(19)14(6)11-5-7-2-3-9(16)8(4-7)15(17)18/h2-5,16H,1H3,(H,13,19)/b11-5+. The molecule has 1 aromatic heterocycles. The summed E-state index contributed by atoms with van der Waals surface area (Å²) in [6.07, 6.45) is 1.39. The zero-order valence-electron chi connectivity index (χ0n) is 9.77. The van der Waals surface area contributed by atoms with Crippen molar-refractivity contribution in [3.63, 3.8) is 0 Å². The lowest BCUT2D eigenvalue weighted by atomic mass is 10.2. The Bertz CT molecular complexity index is 718. The van der Waals surface area contributed by atoms with Gasteiger partial charge in [0.25, 0.3) is 0 Å². The number of aromatic amines is 1. The van der Waals surface area contributed by atoms with Crippen LogP contribution in [-0.4, -0.2) is 31.1 Å². The third-order valence-electron chi connectivity index (χ3n) is 2.33. The van der Waals surface area contributed by atoms with Gasteiger partial charge in [0.2, 0.25) is 4.77 Å². The van der Waals surface area contributed by atoms with Gasteiger partial charge in [-0.1, -0.05) is 0 Å². The third kappa shape index (κ3) is 2.65. The summed E-state index contributed by atoms with van der Waals surface area (Å²) in [6.45, 7) is 1.71. The van der Waals surface area contributed by atoms with E-state index in [9.17, 15) is 15.2 Å². The monoisotopic (exact) mass is 279 g/mol. The summed E-state index contributed by atoms with van der Waals surface area (Å²) in [5.74, 6) is 0.174. The fourth-order valence-corrected chi connectivity index (χ4v) is 1.62. The smallest absolute Gasteiger partial charge is 0.311 e. The maximum absolute atomic E-state index is 10.7. The molecule has 8 nitrogen and oxygen atoms in total. The predicted molar refractivity (Wildman–Crippen MR) is 69.9 cm³/mol. The van der Waals surface area contributed by atoms with Crippen molar-refractivity contribution in [1.29, 1.82) is 0 Å². The van der Waals surface area contributed by atoms with Crippen molar-refractivity contribution in [2.75, 3.05) is 0 Å². The molecule has 98 valence electrons. The van der Waals surface area contributed by atoms with Crippen LogP contribution < -0.4 is 0 Å².